The molecule has 0 amide bonds. The van der Waals surface area contributed by atoms with Crippen LogP contribution in [0.4, 0.5) is 5.69 Å². The summed E-state index contributed by atoms with van der Waals surface area (Å²) in [4.78, 5) is 3.28. The Morgan fingerprint density at radius 3 is 1.92 bits per heavy atom. The molecule has 0 N–H and O–H groups in total. The van der Waals surface area contributed by atoms with Crippen LogP contribution in [0.1, 0.15) is 0 Å². The number of nitrogens with zero attached hydrogens (tertiary/aromatic N) is 1. The van der Waals surface area contributed by atoms with E-state index in [0.29, 0.717) is 17.2 Å². The second-order valence-electron chi connectivity index (χ2n) is 2.18. The van der Waals surface area contributed by atoms with Gasteiger partial charge in [0.05, 0.1) is 20.8 Å². The summed E-state index contributed by atoms with van der Waals surface area (Å²) >= 11 is 0. The maximum absolute atomic E-state index is 6.80. The van der Waals surface area contributed by atoms with Crippen LogP contribution < -0.4 is 9.47 Å². The highest BCUT2D eigenvalue weighted by atomic mass is 16.5. The van der Waals surface area contributed by atoms with Crippen LogP contribution in [-0.2, 0) is 0 Å². The van der Waals surface area contributed by atoms with Gasteiger partial charge in [-0.15, -0.1) is 0 Å². The third-order valence-electron chi connectivity index (χ3n) is 1.47. The van der Waals surface area contributed by atoms with E-state index in [1.165, 1.54) is 0 Å². The SMILES string of the molecule is [C-]#[N+]c1cc(OC)cc(OC)c1. The van der Waals surface area contributed by atoms with Crippen LogP contribution in [0.25, 0.3) is 4.85 Å². The predicted molar refractivity (Wildman–Crippen MR) is 45.8 cm³/mol. The molecule has 0 aliphatic rings. The Labute approximate surface area is 71.4 Å². The second-order valence-corrected chi connectivity index (χ2v) is 2.18. The quantitative estimate of drug-likeness (QED) is 0.624. The molecule has 0 aliphatic carbocycles. The van der Waals surface area contributed by atoms with Crippen molar-refractivity contribution >= 4 is 5.69 Å². The molecule has 0 radical (unpaired) electrons. The van der Waals surface area contributed by atoms with E-state index in [9.17, 15) is 0 Å². The Kier molecular flexibility index (Phi) is 2.54. The van der Waals surface area contributed by atoms with E-state index in [1.54, 1.807) is 32.4 Å². The van der Waals surface area contributed by atoms with Crippen molar-refractivity contribution in [2.45, 2.75) is 0 Å². The Morgan fingerprint density at radius 1 is 1.08 bits per heavy atom. The zero-order valence-corrected chi connectivity index (χ0v) is 7.00. The number of methoxy groups -OCH3 is 2. The molecule has 3 heteroatoms. The van der Waals surface area contributed by atoms with Gasteiger partial charge in [0.2, 0.25) is 0 Å². The lowest BCUT2D eigenvalue weighted by molar-refractivity contribution is 0.395. The van der Waals surface area contributed by atoms with Crippen molar-refractivity contribution in [1.29, 1.82) is 0 Å². The third kappa shape index (κ3) is 1.67. The lowest BCUT2D eigenvalue weighted by Crippen LogP contribution is -1.85. The van der Waals surface area contributed by atoms with Gasteiger partial charge < -0.3 is 9.47 Å². The van der Waals surface area contributed by atoms with Gasteiger partial charge in [0, 0.05) is 6.07 Å². The van der Waals surface area contributed by atoms with Gasteiger partial charge >= 0.3 is 0 Å². The highest BCUT2D eigenvalue weighted by molar-refractivity contribution is 5.54. The Bertz CT molecular complexity index is 293. The fraction of sp³-hybridized carbons (Fsp3) is 0.222. The summed E-state index contributed by atoms with van der Waals surface area (Å²) < 4.78 is 9.95. The summed E-state index contributed by atoms with van der Waals surface area (Å²) in [7, 11) is 3.12. The van der Waals surface area contributed by atoms with Gasteiger partial charge in [-0.2, -0.15) is 0 Å². The van der Waals surface area contributed by atoms with Crippen LogP contribution in [0, 0.1) is 6.57 Å². The largest absolute Gasteiger partial charge is 0.498 e. The van der Waals surface area contributed by atoms with E-state index in [0.717, 1.165) is 0 Å². The number of rotatable bonds is 2. The Hall–Kier alpha value is -1.69. The second kappa shape index (κ2) is 3.63. The molecule has 3 nitrogen and oxygen atoms in total. The number of ether oxygens (including phenoxy) is 2. The molecule has 0 spiro atoms. The first kappa shape index (κ1) is 8.41. The Morgan fingerprint density at radius 2 is 1.58 bits per heavy atom. The number of benzene rings is 1. The maximum atomic E-state index is 6.80. The van der Waals surface area contributed by atoms with Crippen LogP contribution in [0.15, 0.2) is 18.2 Å². The van der Waals surface area contributed by atoms with Crippen molar-refractivity contribution in [3.8, 4) is 11.5 Å². The molecule has 0 bridgehead atoms. The molecule has 1 aromatic rings. The standard InChI is InChI=1S/C9H9NO2/c1-10-7-4-8(11-2)6-9(5-7)12-3/h4-6H,2-3H3. The van der Waals surface area contributed by atoms with Gasteiger partial charge in [-0.3, -0.25) is 0 Å². The summed E-state index contributed by atoms with van der Waals surface area (Å²) in [5.74, 6) is 1.28. The molecule has 0 aromatic heterocycles. The average Bonchev–Trinajstić information content (AvgIpc) is 2.16. The van der Waals surface area contributed by atoms with Gasteiger partial charge in [-0.05, 0) is 12.1 Å². The fourth-order valence-electron chi connectivity index (χ4n) is 0.857. The van der Waals surface area contributed by atoms with E-state index in [1.807, 2.05) is 0 Å². The highest BCUT2D eigenvalue weighted by Gasteiger charge is 1.99. The molecule has 0 fully saturated rings. The molecule has 0 saturated heterocycles. The monoisotopic (exact) mass is 163 g/mol. The predicted octanol–water partition coefficient (Wildman–Crippen LogP) is 2.25. The van der Waals surface area contributed by atoms with Crippen LogP contribution in [-0.4, -0.2) is 14.2 Å². The number of hydrogen-bond donors (Lipinski definition) is 0. The van der Waals surface area contributed by atoms with Gasteiger partial charge in [-0.25, -0.2) is 4.85 Å². The first-order chi connectivity index (χ1) is 5.80. The molecule has 12 heavy (non-hydrogen) atoms. The maximum Gasteiger partial charge on any atom is 0.194 e. The molecule has 0 aliphatic heterocycles. The minimum absolute atomic E-state index is 0.520. The number of hydrogen-bond acceptors (Lipinski definition) is 2. The minimum atomic E-state index is 0.520. The normalized spacial score (nSPS) is 8.75. The van der Waals surface area contributed by atoms with Crippen molar-refractivity contribution < 1.29 is 9.47 Å². The Balaban J connectivity index is 3.12. The van der Waals surface area contributed by atoms with E-state index in [-0.39, 0.29) is 0 Å². The smallest absolute Gasteiger partial charge is 0.194 e. The highest BCUT2D eigenvalue weighted by Crippen LogP contribution is 2.27. The first-order valence-corrected chi connectivity index (χ1v) is 3.40. The molecule has 1 rings (SSSR count). The molecule has 62 valence electrons. The zero-order chi connectivity index (χ0) is 8.97. The molecule has 0 unspecified atom stereocenters. The van der Waals surface area contributed by atoms with E-state index < -0.39 is 0 Å². The molecule has 0 saturated carbocycles. The van der Waals surface area contributed by atoms with Crippen LogP contribution in [0.2, 0.25) is 0 Å². The molecular formula is C9H9NO2. The van der Waals surface area contributed by atoms with Gasteiger partial charge in [-0.1, -0.05) is 0 Å². The van der Waals surface area contributed by atoms with E-state index in [4.69, 9.17) is 16.0 Å². The molecule has 0 heterocycles. The average molecular weight is 163 g/mol. The van der Waals surface area contributed by atoms with Crippen molar-refractivity contribution in [1.82, 2.24) is 0 Å². The van der Waals surface area contributed by atoms with Crippen molar-refractivity contribution in [2.24, 2.45) is 0 Å². The lowest BCUT2D eigenvalue weighted by atomic mass is 10.3. The van der Waals surface area contributed by atoms with Crippen molar-refractivity contribution in [2.75, 3.05) is 14.2 Å². The van der Waals surface area contributed by atoms with Crippen LogP contribution in [0.3, 0.4) is 0 Å². The fourth-order valence-corrected chi connectivity index (χ4v) is 0.857. The topological polar surface area (TPSA) is 22.8 Å². The third-order valence-corrected chi connectivity index (χ3v) is 1.47. The van der Waals surface area contributed by atoms with E-state index >= 15 is 0 Å². The van der Waals surface area contributed by atoms with E-state index in [2.05, 4.69) is 4.85 Å². The summed E-state index contributed by atoms with van der Waals surface area (Å²) in [6, 6.07) is 5.06. The van der Waals surface area contributed by atoms with Gasteiger partial charge in [0.1, 0.15) is 11.5 Å². The molecule has 1 aromatic carbocycles. The van der Waals surface area contributed by atoms with Crippen molar-refractivity contribution in [3.05, 3.63) is 29.6 Å². The summed E-state index contributed by atoms with van der Waals surface area (Å²) in [5, 5.41) is 0. The van der Waals surface area contributed by atoms with Crippen molar-refractivity contribution in [3.63, 3.8) is 0 Å². The summed E-state index contributed by atoms with van der Waals surface area (Å²) in [6.07, 6.45) is 0. The molecular weight excluding hydrogens is 154 g/mol. The van der Waals surface area contributed by atoms with Crippen LogP contribution in [0.5, 0.6) is 11.5 Å². The minimum Gasteiger partial charge on any atom is -0.498 e. The van der Waals surface area contributed by atoms with Gasteiger partial charge in [0.25, 0.3) is 0 Å². The summed E-state index contributed by atoms with van der Waals surface area (Å²) in [6.45, 7) is 6.80. The van der Waals surface area contributed by atoms with Crippen LogP contribution >= 0.6 is 0 Å². The summed E-state index contributed by atoms with van der Waals surface area (Å²) in [5.41, 5.74) is 0.520. The molecule has 0 atom stereocenters. The van der Waals surface area contributed by atoms with Gasteiger partial charge in [0.15, 0.2) is 5.69 Å². The zero-order valence-electron chi connectivity index (χ0n) is 7.00. The first-order valence-electron chi connectivity index (χ1n) is 3.40. The lowest BCUT2D eigenvalue weighted by Gasteiger charge is -2.03.